The second-order valence-corrected chi connectivity index (χ2v) is 7.06. The third-order valence-corrected chi connectivity index (χ3v) is 4.92. The van der Waals surface area contributed by atoms with Gasteiger partial charge in [-0.15, -0.1) is 11.3 Å². The van der Waals surface area contributed by atoms with E-state index in [1.165, 1.54) is 11.1 Å². The minimum atomic E-state index is 0.321. The van der Waals surface area contributed by atoms with E-state index in [2.05, 4.69) is 49.4 Å². The number of hydrogen-bond acceptors (Lipinski definition) is 2. The van der Waals surface area contributed by atoms with E-state index in [4.69, 9.17) is 4.74 Å². The number of methoxy groups -OCH3 is 1. The van der Waals surface area contributed by atoms with E-state index in [1.54, 1.807) is 18.4 Å². The van der Waals surface area contributed by atoms with Crippen molar-refractivity contribution in [2.45, 2.75) is 11.2 Å². The summed E-state index contributed by atoms with van der Waals surface area (Å²) >= 11 is 8.93. The number of ether oxygens (including phenoxy) is 1. The van der Waals surface area contributed by atoms with E-state index in [9.17, 15) is 0 Å². The summed E-state index contributed by atoms with van der Waals surface area (Å²) in [4.78, 5) is 0.321. The first kappa shape index (κ1) is 13.1. The van der Waals surface area contributed by atoms with Crippen LogP contribution in [-0.2, 0) is 6.42 Å². The van der Waals surface area contributed by atoms with Crippen LogP contribution >= 0.6 is 43.2 Å². The van der Waals surface area contributed by atoms with Crippen molar-refractivity contribution in [1.29, 1.82) is 0 Å². The van der Waals surface area contributed by atoms with Crippen LogP contribution < -0.4 is 4.74 Å². The Morgan fingerprint density at radius 2 is 2.12 bits per heavy atom. The molecule has 1 atom stereocenters. The van der Waals surface area contributed by atoms with Crippen molar-refractivity contribution in [3.8, 4) is 5.75 Å². The number of alkyl halides is 1. The van der Waals surface area contributed by atoms with Gasteiger partial charge >= 0.3 is 0 Å². The fraction of sp³-hybridized carbons (Fsp3) is 0.231. The van der Waals surface area contributed by atoms with Gasteiger partial charge in [0.15, 0.2) is 0 Å². The number of rotatable bonds is 4. The summed E-state index contributed by atoms with van der Waals surface area (Å²) in [5, 5.41) is 2.17. The molecule has 0 saturated carbocycles. The van der Waals surface area contributed by atoms with Crippen molar-refractivity contribution in [3.05, 3.63) is 50.6 Å². The Morgan fingerprint density at radius 1 is 1.35 bits per heavy atom. The van der Waals surface area contributed by atoms with Crippen LogP contribution in [0.3, 0.4) is 0 Å². The van der Waals surface area contributed by atoms with Crippen LogP contribution in [0.4, 0.5) is 0 Å². The first-order chi connectivity index (χ1) is 8.20. The molecule has 0 bridgehead atoms. The van der Waals surface area contributed by atoms with Crippen LogP contribution in [0.2, 0.25) is 0 Å². The zero-order valence-corrected chi connectivity index (χ0v) is 13.3. The molecule has 1 nitrogen and oxygen atoms in total. The molecule has 1 unspecified atom stereocenters. The minimum Gasteiger partial charge on any atom is -0.496 e. The molecule has 1 aromatic carbocycles. The summed E-state index contributed by atoms with van der Waals surface area (Å²) < 4.78 is 6.52. The summed E-state index contributed by atoms with van der Waals surface area (Å²) in [6.07, 6.45) is 0.924. The van der Waals surface area contributed by atoms with Crippen LogP contribution in [-0.4, -0.2) is 7.11 Å². The maximum Gasteiger partial charge on any atom is 0.122 e. The van der Waals surface area contributed by atoms with Crippen molar-refractivity contribution in [2.75, 3.05) is 7.11 Å². The van der Waals surface area contributed by atoms with Gasteiger partial charge in [0.2, 0.25) is 0 Å². The lowest BCUT2D eigenvalue weighted by Crippen LogP contribution is -1.97. The zero-order chi connectivity index (χ0) is 12.3. The molecule has 0 saturated heterocycles. The minimum absolute atomic E-state index is 0.321. The molecule has 0 radical (unpaired) electrons. The average Bonchev–Trinajstić information content (AvgIpc) is 2.77. The molecule has 17 heavy (non-hydrogen) atoms. The van der Waals surface area contributed by atoms with Crippen molar-refractivity contribution in [1.82, 2.24) is 0 Å². The van der Waals surface area contributed by atoms with E-state index < -0.39 is 0 Å². The highest BCUT2D eigenvalue weighted by molar-refractivity contribution is 9.11. The highest BCUT2D eigenvalue weighted by Gasteiger charge is 2.12. The highest BCUT2D eigenvalue weighted by atomic mass is 79.9. The fourth-order valence-corrected chi connectivity index (χ4v) is 3.69. The predicted molar refractivity (Wildman–Crippen MR) is 80.4 cm³/mol. The van der Waals surface area contributed by atoms with Gasteiger partial charge < -0.3 is 4.74 Å². The normalized spacial score (nSPS) is 12.4. The summed E-state index contributed by atoms with van der Waals surface area (Å²) in [5.74, 6) is 0.950. The molecule has 0 aliphatic carbocycles. The van der Waals surface area contributed by atoms with Crippen LogP contribution in [0, 0.1) is 0 Å². The molecule has 1 heterocycles. The second kappa shape index (κ2) is 6.03. The molecule has 0 N–H and O–H groups in total. The zero-order valence-electron chi connectivity index (χ0n) is 9.32. The molecule has 0 aliphatic rings. The lowest BCUT2D eigenvalue weighted by molar-refractivity contribution is 0.409. The van der Waals surface area contributed by atoms with Crippen LogP contribution in [0.1, 0.15) is 16.0 Å². The summed E-state index contributed by atoms with van der Waals surface area (Å²) in [6.45, 7) is 0. The van der Waals surface area contributed by atoms with E-state index in [1.807, 2.05) is 18.2 Å². The van der Waals surface area contributed by atoms with Gasteiger partial charge in [0, 0.05) is 4.83 Å². The first-order valence-corrected chi connectivity index (χ1v) is 7.79. The summed E-state index contributed by atoms with van der Waals surface area (Å²) in [5.41, 5.74) is 2.52. The molecule has 2 rings (SSSR count). The molecular weight excluding hydrogens is 364 g/mol. The van der Waals surface area contributed by atoms with Crippen molar-refractivity contribution >= 4 is 43.2 Å². The van der Waals surface area contributed by atoms with Gasteiger partial charge in [-0.3, -0.25) is 0 Å². The molecule has 90 valence electrons. The number of halogens is 2. The summed E-state index contributed by atoms with van der Waals surface area (Å²) in [6, 6.07) is 10.3. The molecule has 0 fully saturated rings. The third-order valence-electron chi connectivity index (χ3n) is 2.54. The number of benzene rings is 1. The van der Waals surface area contributed by atoms with Gasteiger partial charge in [-0.05, 0) is 51.0 Å². The molecule has 4 heteroatoms. The van der Waals surface area contributed by atoms with Gasteiger partial charge in [-0.1, -0.05) is 34.1 Å². The van der Waals surface area contributed by atoms with Gasteiger partial charge in [0.25, 0.3) is 0 Å². The SMILES string of the molecule is COc1ccccc1CC(Br)c1csc(Br)c1. The smallest absolute Gasteiger partial charge is 0.122 e. The molecular formula is C13H12Br2OS. The largest absolute Gasteiger partial charge is 0.496 e. The monoisotopic (exact) mass is 374 g/mol. The van der Waals surface area contributed by atoms with Crippen LogP contribution in [0.5, 0.6) is 5.75 Å². The van der Waals surface area contributed by atoms with Crippen LogP contribution in [0.15, 0.2) is 39.5 Å². The molecule has 0 aliphatic heterocycles. The van der Waals surface area contributed by atoms with Crippen molar-refractivity contribution in [3.63, 3.8) is 0 Å². The molecule has 0 spiro atoms. The second-order valence-electron chi connectivity index (χ2n) is 3.67. The maximum absolute atomic E-state index is 5.36. The van der Waals surface area contributed by atoms with Crippen molar-refractivity contribution in [2.24, 2.45) is 0 Å². The Kier molecular flexibility index (Phi) is 4.65. The Hall–Kier alpha value is -0.320. The molecule has 2 aromatic rings. The van der Waals surface area contributed by atoms with E-state index in [0.717, 1.165) is 16.0 Å². The fourth-order valence-electron chi connectivity index (χ4n) is 1.67. The van der Waals surface area contributed by atoms with Crippen LogP contribution in [0.25, 0.3) is 0 Å². The standard InChI is InChI=1S/C13H12Br2OS/c1-16-12-5-3-2-4-9(12)6-11(14)10-7-13(15)17-8-10/h2-5,7-8,11H,6H2,1H3. The molecule has 1 aromatic heterocycles. The quantitative estimate of drug-likeness (QED) is 0.667. The van der Waals surface area contributed by atoms with Gasteiger partial charge in [0.05, 0.1) is 10.9 Å². The number of hydrogen-bond donors (Lipinski definition) is 0. The Balaban J connectivity index is 2.15. The lowest BCUT2D eigenvalue weighted by Gasteiger charge is -2.11. The molecule has 0 amide bonds. The lowest BCUT2D eigenvalue weighted by atomic mass is 10.1. The highest BCUT2D eigenvalue weighted by Crippen LogP contribution is 2.34. The van der Waals surface area contributed by atoms with E-state index in [0.29, 0.717) is 4.83 Å². The van der Waals surface area contributed by atoms with E-state index >= 15 is 0 Å². The average molecular weight is 376 g/mol. The summed E-state index contributed by atoms with van der Waals surface area (Å²) in [7, 11) is 1.71. The Bertz CT molecular complexity index is 496. The topological polar surface area (TPSA) is 9.23 Å². The third kappa shape index (κ3) is 3.33. The maximum atomic E-state index is 5.36. The van der Waals surface area contributed by atoms with Gasteiger partial charge in [0.1, 0.15) is 5.75 Å². The Labute approximate surface area is 122 Å². The first-order valence-electron chi connectivity index (χ1n) is 5.20. The number of thiophene rings is 1. The number of para-hydroxylation sites is 1. The van der Waals surface area contributed by atoms with Gasteiger partial charge in [-0.2, -0.15) is 0 Å². The van der Waals surface area contributed by atoms with Gasteiger partial charge in [-0.25, -0.2) is 0 Å². The van der Waals surface area contributed by atoms with Crippen molar-refractivity contribution < 1.29 is 4.74 Å². The van der Waals surface area contributed by atoms with E-state index in [-0.39, 0.29) is 0 Å². The predicted octanol–water partition coefficient (Wildman–Crippen LogP) is 5.20. The Morgan fingerprint density at radius 3 is 2.76 bits per heavy atom.